The monoisotopic (exact) mass is 239 g/mol. The highest BCUT2D eigenvalue weighted by Crippen LogP contribution is 2.11. The van der Waals surface area contributed by atoms with Crippen molar-refractivity contribution in [2.45, 2.75) is 32.6 Å². The van der Waals surface area contributed by atoms with Crippen LogP contribution in [0.15, 0.2) is 12.4 Å². The van der Waals surface area contributed by atoms with E-state index in [4.69, 9.17) is 9.84 Å². The summed E-state index contributed by atoms with van der Waals surface area (Å²) in [6.07, 6.45) is 5.66. The van der Waals surface area contributed by atoms with Crippen LogP contribution in [0.5, 0.6) is 5.88 Å². The molecular weight excluding hydrogens is 218 g/mol. The summed E-state index contributed by atoms with van der Waals surface area (Å²) >= 11 is 0. The van der Waals surface area contributed by atoms with Crippen LogP contribution in [0.1, 0.15) is 32.6 Å². The topological polar surface area (TPSA) is 67.3 Å². The predicted octanol–water partition coefficient (Wildman–Crippen LogP) is 1.84. The molecule has 0 bridgehead atoms. The van der Waals surface area contributed by atoms with Gasteiger partial charge in [0, 0.05) is 19.2 Å². The zero-order valence-electron chi connectivity index (χ0n) is 10.4. The van der Waals surface area contributed by atoms with Crippen molar-refractivity contribution in [2.75, 3.05) is 25.1 Å². The lowest BCUT2D eigenvalue weighted by Gasteiger charge is -2.06. The molecular formula is C12H21N3O2. The predicted molar refractivity (Wildman–Crippen MR) is 67.2 cm³/mol. The van der Waals surface area contributed by atoms with Gasteiger partial charge in [-0.25, -0.2) is 9.97 Å². The first-order chi connectivity index (χ1) is 8.36. The molecule has 0 aliphatic heterocycles. The first-order valence-corrected chi connectivity index (χ1v) is 6.16. The van der Waals surface area contributed by atoms with Gasteiger partial charge < -0.3 is 15.2 Å². The Labute approximate surface area is 102 Å². The molecule has 0 saturated carbocycles. The number of aliphatic hydroxyl groups excluding tert-OH is 1. The van der Waals surface area contributed by atoms with Crippen molar-refractivity contribution in [3.8, 4) is 5.88 Å². The molecule has 0 unspecified atom stereocenters. The Hall–Kier alpha value is -1.36. The highest BCUT2D eigenvalue weighted by molar-refractivity contribution is 5.36. The molecule has 0 radical (unpaired) electrons. The number of unbranched alkanes of at least 4 members (excludes halogenated alkanes) is 3. The van der Waals surface area contributed by atoms with Gasteiger partial charge in [0.15, 0.2) is 0 Å². The van der Waals surface area contributed by atoms with E-state index in [1.165, 1.54) is 6.33 Å². The van der Waals surface area contributed by atoms with Crippen LogP contribution in [0.3, 0.4) is 0 Å². The molecule has 5 heteroatoms. The number of anilines is 1. The van der Waals surface area contributed by atoms with Crippen LogP contribution in [0.25, 0.3) is 0 Å². The molecule has 0 aliphatic rings. The van der Waals surface area contributed by atoms with Gasteiger partial charge in [-0.3, -0.25) is 0 Å². The Morgan fingerprint density at radius 3 is 2.82 bits per heavy atom. The van der Waals surface area contributed by atoms with Crippen LogP contribution in [0.4, 0.5) is 5.82 Å². The van der Waals surface area contributed by atoms with Gasteiger partial charge in [0.2, 0.25) is 5.88 Å². The average molecular weight is 239 g/mol. The van der Waals surface area contributed by atoms with Gasteiger partial charge in [-0.15, -0.1) is 0 Å². The van der Waals surface area contributed by atoms with E-state index in [1.807, 2.05) is 6.92 Å². The number of nitrogens with zero attached hydrogens (tertiary/aromatic N) is 2. The van der Waals surface area contributed by atoms with Gasteiger partial charge in [-0.05, 0) is 19.8 Å². The summed E-state index contributed by atoms with van der Waals surface area (Å²) in [4.78, 5) is 8.11. The second-order valence-electron chi connectivity index (χ2n) is 3.74. The molecule has 0 spiro atoms. The maximum Gasteiger partial charge on any atom is 0.218 e. The van der Waals surface area contributed by atoms with Crippen LogP contribution in [-0.2, 0) is 0 Å². The minimum Gasteiger partial charge on any atom is -0.478 e. The molecule has 2 N–H and O–H groups in total. The zero-order valence-corrected chi connectivity index (χ0v) is 10.4. The third-order valence-electron chi connectivity index (χ3n) is 2.33. The van der Waals surface area contributed by atoms with Crippen molar-refractivity contribution in [3.05, 3.63) is 12.4 Å². The smallest absolute Gasteiger partial charge is 0.218 e. The fourth-order valence-electron chi connectivity index (χ4n) is 1.47. The van der Waals surface area contributed by atoms with E-state index in [9.17, 15) is 0 Å². The summed E-state index contributed by atoms with van der Waals surface area (Å²) in [5.41, 5.74) is 0. The number of ether oxygens (including phenoxy) is 1. The van der Waals surface area contributed by atoms with E-state index in [0.717, 1.165) is 38.0 Å². The largest absolute Gasteiger partial charge is 0.478 e. The lowest BCUT2D eigenvalue weighted by molar-refractivity contribution is 0.283. The normalized spacial score (nSPS) is 10.2. The quantitative estimate of drug-likeness (QED) is 0.644. The van der Waals surface area contributed by atoms with E-state index in [-0.39, 0.29) is 6.61 Å². The molecule has 0 fully saturated rings. The van der Waals surface area contributed by atoms with Crippen molar-refractivity contribution in [1.29, 1.82) is 0 Å². The maximum atomic E-state index is 8.64. The molecule has 0 amide bonds. The highest BCUT2D eigenvalue weighted by Gasteiger charge is 1.98. The van der Waals surface area contributed by atoms with E-state index in [1.54, 1.807) is 6.07 Å². The maximum absolute atomic E-state index is 8.64. The summed E-state index contributed by atoms with van der Waals surface area (Å²) in [7, 11) is 0. The molecule has 1 rings (SSSR count). The molecule has 1 aromatic heterocycles. The summed E-state index contributed by atoms with van der Waals surface area (Å²) in [5, 5.41) is 11.9. The summed E-state index contributed by atoms with van der Waals surface area (Å²) in [5.74, 6) is 1.40. The summed E-state index contributed by atoms with van der Waals surface area (Å²) in [6.45, 7) is 3.71. The SMILES string of the molecule is CCOc1cc(NCCCCCCO)ncn1. The number of rotatable bonds is 9. The molecule has 0 saturated heterocycles. The molecule has 0 aliphatic carbocycles. The van der Waals surface area contributed by atoms with Crippen LogP contribution >= 0.6 is 0 Å². The summed E-state index contributed by atoms with van der Waals surface area (Å²) < 4.78 is 5.29. The Bertz CT molecular complexity index is 308. The minimum absolute atomic E-state index is 0.289. The standard InChI is InChI=1S/C12H21N3O2/c1-2-17-12-9-11(14-10-15-12)13-7-5-3-4-6-8-16/h9-10,16H,2-8H2,1H3,(H,13,14,15). The van der Waals surface area contributed by atoms with Gasteiger partial charge in [0.25, 0.3) is 0 Å². The van der Waals surface area contributed by atoms with Crippen LogP contribution in [-0.4, -0.2) is 34.8 Å². The van der Waals surface area contributed by atoms with E-state index >= 15 is 0 Å². The number of aliphatic hydroxyl groups is 1. The number of nitrogens with one attached hydrogen (secondary N) is 1. The third kappa shape index (κ3) is 6.06. The van der Waals surface area contributed by atoms with Crippen LogP contribution < -0.4 is 10.1 Å². The number of hydrogen-bond donors (Lipinski definition) is 2. The van der Waals surface area contributed by atoms with Crippen LogP contribution in [0, 0.1) is 0 Å². The first kappa shape index (κ1) is 13.7. The van der Waals surface area contributed by atoms with Crippen molar-refractivity contribution in [1.82, 2.24) is 9.97 Å². The molecule has 0 aromatic carbocycles. The van der Waals surface area contributed by atoms with E-state index in [2.05, 4.69) is 15.3 Å². The Balaban J connectivity index is 2.19. The van der Waals surface area contributed by atoms with Gasteiger partial charge in [0.05, 0.1) is 6.61 Å². The zero-order chi connectivity index (χ0) is 12.3. The second kappa shape index (κ2) is 8.75. The Morgan fingerprint density at radius 1 is 1.24 bits per heavy atom. The Morgan fingerprint density at radius 2 is 2.06 bits per heavy atom. The fraction of sp³-hybridized carbons (Fsp3) is 0.667. The molecule has 1 aromatic rings. The molecule has 17 heavy (non-hydrogen) atoms. The second-order valence-corrected chi connectivity index (χ2v) is 3.74. The lowest BCUT2D eigenvalue weighted by atomic mass is 10.2. The fourth-order valence-corrected chi connectivity index (χ4v) is 1.47. The van der Waals surface area contributed by atoms with Crippen LogP contribution in [0.2, 0.25) is 0 Å². The number of hydrogen-bond acceptors (Lipinski definition) is 5. The van der Waals surface area contributed by atoms with E-state index < -0.39 is 0 Å². The van der Waals surface area contributed by atoms with Gasteiger partial charge in [0.1, 0.15) is 12.1 Å². The lowest BCUT2D eigenvalue weighted by Crippen LogP contribution is -2.04. The van der Waals surface area contributed by atoms with Crippen molar-refractivity contribution >= 4 is 5.82 Å². The van der Waals surface area contributed by atoms with Gasteiger partial charge >= 0.3 is 0 Å². The highest BCUT2D eigenvalue weighted by atomic mass is 16.5. The Kier molecular flexibility index (Phi) is 7.06. The van der Waals surface area contributed by atoms with Crippen molar-refractivity contribution in [2.24, 2.45) is 0 Å². The molecule has 0 atom stereocenters. The van der Waals surface area contributed by atoms with Crippen molar-refractivity contribution < 1.29 is 9.84 Å². The molecule has 1 heterocycles. The molecule has 5 nitrogen and oxygen atoms in total. The first-order valence-electron chi connectivity index (χ1n) is 6.16. The van der Waals surface area contributed by atoms with Crippen molar-refractivity contribution in [3.63, 3.8) is 0 Å². The van der Waals surface area contributed by atoms with Gasteiger partial charge in [-0.2, -0.15) is 0 Å². The summed E-state index contributed by atoms with van der Waals surface area (Å²) in [6, 6.07) is 1.80. The molecule has 96 valence electrons. The number of aromatic nitrogens is 2. The van der Waals surface area contributed by atoms with Gasteiger partial charge in [-0.1, -0.05) is 12.8 Å². The average Bonchev–Trinajstić information content (AvgIpc) is 2.35. The van der Waals surface area contributed by atoms with E-state index in [0.29, 0.717) is 12.5 Å². The third-order valence-corrected chi connectivity index (χ3v) is 2.33. The minimum atomic E-state index is 0.289.